The van der Waals surface area contributed by atoms with Crippen molar-refractivity contribution in [1.29, 1.82) is 0 Å². The van der Waals surface area contributed by atoms with Gasteiger partial charge in [0, 0.05) is 37.8 Å². The van der Waals surface area contributed by atoms with Crippen LogP contribution in [-0.2, 0) is 0 Å². The van der Waals surface area contributed by atoms with E-state index < -0.39 is 0 Å². The molecule has 19 heavy (non-hydrogen) atoms. The summed E-state index contributed by atoms with van der Waals surface area (Å²) in [6.07, 6.45) is 2.54. The zero-order chi connectivity index (χ0) is 12.8. The molecule has 4 heterocycles. The first-order valence-electron chi connectivity index (χ1n) is 7.38. The number of carbonyl (C=O) groups excluding carboxylic acids is 1. The third-order valence-corrected chi connectivity index (χ3v) is 4.95. The molecule has 1 aromatic carbocycles. The molecule has 0 aromatic heterocycles. The second-order valence-electron chi connectivity index (χ2n) is 6.40. The van der Waals surface area contributed by atoms with E-state index in [9.17, 15) is 4.79 Å². The van der Waals surface area contributed by atoms with Crippen LogP contribution >= 0.6 is 0 Å². The van der Waals surface area contributed by atoms with Gasteiger partial charge in [-0.15, -0.1) is 0 Å². The van der Waals surface area contributed by atoms with E-state index in [2.05, 4.69) is 9.80 Å². The predicted molar refractivity (Wildman–Crippen MR) is 73.9 cm³/mol. The first kappa shape index (κ1) is 11.5. The summed E-state index contributed by atoms with van der Waals surface area (Å²) in [4.78, 5) is 17.5. The zero-order valence-corrected chi connectivity index (χ0v) is 11.2. The summed E-state index contributed by atoms with van der Waals surface area (Å²) in [7, 11) is 0. The van der Waals surface area contributed by atoms with Crippen molar-refractivity contribution < 1.29 is 4.79 Å². The number of amides is 1. The van der Waals surface area contributed by atoms with Gasteiger partial charge in [-0.3, -0.25) is 4.79 Å². The van der Waals surface area contributed by atoms with Crippen LogP contribution in [-0.4, -0.2) is 47.9 Å². The minimum atomic E-state index is 0.236. The second-order valence-corrected chi connectivity index (χ2v) is 6.40. The molecule has 0 radical (unpaired) electrons. The molecule has 4 aliphatic heterocycles. The van der Waals surface area contributed by atoms with Crippen molar-refractivity contribution in [2.45, 2.75) is 18.9 Å². The Morgan fingerprint density at radius 3 is 2.53 bits per heavy atom. The highest BCUT2D eigenvalue weighted by atomic mass is 16.2. The smallest absolute Gasteiger partial charge is 0.254 e. The monoisotopic (exact) mass is 256 g/mol. The molecule has 5 rings (SSSR count). The Bertz CT molecular complexity index is 473. The van der Waals surface area contributed by atoms with Crippen molar-refractivity contribution in [3.63, 3.8) is 0 Å². The molecular weight excluding hydrogens is 236 g/mol. The molecular formula is C16H20N2O. The fraction of sp³-hybridized carbons (Fsp3) is 0.562. The molecule has 0 aliphatic carbocycles. The number of carbonyl (C=O) groups is 1. The summed E-state index contributed by atoms with van der Waals surface area (Å²) in [6, 6.07) is 10.2. The van der Waals surface area contributed by atoms with E-state index in [0.717, 1.165) is 24.6 Å². The summed E-state index contributed by atoms with van der Waals surface area (Å²) in [5.74, 6) is 1.75. The van der Waals surface area contributed by atoms with Crippen LogP contribution in [0.15, 0.2) is 30.3 Å². The van der Waals surface area contributed by atoms with Crippen molar-refractivity contribution in [2.24, 2.45) is 11.8 Å². The topological polar surface area (TPSA) is 23.6 Å². The molecule has 4 atom stereocenters. The van der Waals surface area contributed by atoms with Gasteiger partial charge in [-0.05, 0) is 36.8 Å². The van der Waals surface area contributed by atoms with Gasteiger partial charge in [0.05, 0.1) is 0 Å². The molecule has 3 heteroatoms. The van der Waals surface area contributed by atoms with Crippen LogP contribution in [0.5, 0.6) is 0 Å². The summed E-state index contributed by atoms with van der Waals surface area (Å²) in [6.45, 7) is 4.52. The molecule has 4 unspecified atom stereocenters. The summed E-state index contributed by atoms with van der Waals surface area (Å²) in [5, 5.41) is 0. The van der Waals surface area contributed by atoms with Gasteiger partial charge in [0.15, 0.2) is 0 Å². The maximum atomic E-state index is 12.7. The Balaban J connectivity index is 1.63. The van der Waals surface area contributed by atoms with Crippen molar-refractivity contribution in [3.8, 4) is 0 Å². The molecule has 0 saturated carbocycles. The van der Waals surface area contributed by atoms with E-state index in [1.165, 1.54) is 25.9 Å². The SMILES string of the molecule is O=C(c1ccccc1)N1CC2CC3CC1CN(C3)C2. The lowest BCUT2D eigenvalue weighted by Gasteiger charge is -2.41. The van der Waals surface area contributed by atoms with Gasteiger partial charge < -0.3 is 9.80 Å². The molecule has 3 nitrogen and oxygen atoms in total. The van der Waals surface area contributed by atoms with Crippen LogP contribution in [0.25, 0.3) is 0 Å². The lowest BCUT2D eigenvalue weighted by atomic mass is 9.84. The van der Waals surface area contributed by atoms with Gasteiger partial charge >= 0.3 is 0 Å². The number of rotatable bonds is 1. The molecule has 4 saturated heterocycles. The first-order chi connectivity index (χ1) is 9.29. The van der Waals surface area contributed by atoms with Gasteiger partial charge in [-0.25, -0.2) is 0 Å². The number of hydrogen-bond donors (Lipinski definition) is 0. The molecule has 4 aliphatic rings. The minimum Gasteiger partial charge on any atom is -0.334 e. The summed E-state index contributed by atoms with van der Waals surface area (Å²) in [5.41, 5.74) is 0.846. The Kier molecular flexibility index (Phi) is 2.62. The van der Waals surface area contributed by atoms with Crippen molar-refractivity contribution in [2.75, 3.05) is 26.2 Å². The normalized spacial score (nSPS) is 36.3. The van der Waals surface area contributed by atoms with Crippen LogP contribution < -0.4 is 0 Å². The van der Waals surface area contributed by atoms with Crippen molar-refractivity contribution in [1.82, 2.24) is 9.80 Å². The molecule has 0 spiro atoms. The lowest BCUT2D eigenvalue weighted by molar-refractivity contribution is 0.0573. The van der Waals surface area contributed by atoms with Crippen LogP contribution in [0.2, 0.25) is 0 Å². The summed E-state index contributed by atoms with van der Waals surface area (Å²) >= 11 is 0. The Morgan fingerprint density at radius 2 is 1.74 bits per heavy atom. The van der Waals surface area contributed by atoms with E-state index in [0.29, 0.717) is 12.0 Å². The van der Waals surface area contributed by atoms with E-state index >= 15 is 0 Å². The maximum absolute atomic E-state index is 12.7. The lowest BCUT2D eigenvalue weighted by Crippen LogP contribution is -2.50. The standard InChI is InChI=1S/C16H20N2O/c19-16(14-4-2-1-3-5-14)18-10-13-6-12-7-15(18)11-17(8-12)9-13/h1-5,12-13,15H,6-11H2. The molecule has 4 fully saturated rings. The number of nitrogens with zero attached hydrogens (tertiary/aromatic N) is 2. The van der Waals surface area contributed by atoms with E-state index in [1.807, 2.05) is 30.3 Å². The van der Waals surface area contributed by atoms with Crippen molar-refractivity contribution in [3.05, 3.63) is 35.9 Å². The number of fused-ring (bicyclic) bond motifs is 1. The highest BCUT2D eigenvalue weighted by molar-refractivity contribution is 5.94. The van der Waals surface area contributed by atoms with Crippen molar-refractivity contribution >= 4 is 5.91 Å². The van der Waals surface area contributed by atoms with Crippen LogP contribution in [0.3, 0.4) is 0 Å². The number of piperidine rings is 2. The Morgan fingerprint density at radius 1 is 0.947 bits per heavy atom. The van der Waals surface area contributed by atoms with Crippen LogP contribution in [0.4, 0.5) is 0 Å². The molecule has 1 amide bonds. The van der Waals surface area contributed by atoms with Gasteiger partial charge in [0.1, 0.15) is 0 Å². The van der Waals surface area contributed by atoms with Gasteiger partial charge in [0.2, 0.25) is 0 Å². The van der Waals surface area contributed by atoms with Crippen LogP contribution in [0, 0.1) is 11.8 Å². The minimum absolute atomic E-state index is 0.236. The molecule has 0 N–H and O–H groups in total. The fourth-order valence-electron chi connectivity index (χ4n) is 4.28. The van der Waals surface area contributed by atoms with Gasteiger partial charge in [-0.1, -0.05) is 18.2 Å². The zero-order valence-electron chi connectivity index (χ0n) is 11.2. The molecule has 4 bridgehead atoms. The fourth-order valence-corrected chi connectivity index (χ4v) is 4.28. The number of hydrogen-bond acceptors (Lipinski definition) is 2. The second kappa shape index (κ2) is 4.34. The van der Waals surface area contributed by atoms with E-state index in [1.54, 1.807) is 0 Å². The Hall–Kier alpha value is -1.35. The summed E-state index contributed by atoms with van der Waals surface area (Å²) < 4.78 is 0. The van der Waals surface area contributed by atoms with Gasteiger partial charge in [-0.2, -0.15) is 0 Å². The predicted octanol–water partition coefficient (Wildman–Crippen LogP) is 1.85. The highest BCUT2D eigenvalue weighted by Crippen LogP contribution is 2.36. The van der Waals surface area contributed by atoms with E-state index in [4.69, 9.17) is 0 Å². The third-order valence-electron chi connectivity index (χ3n) is 4.95. The average Bonchev–Trinajstić information content (AvgIpc) is 2.63. The molecule has 100 valence electrons. The quantitative estimate of drug-likeness (QED) is 0.765. The van der Waals surface area contributed by atoms with Crippen LogP contribution in [0.1, 0.15) is 23.2 Å². The molecule has 1 aromatic rings. The van der Waals surface area contributed by atoms with E-state index in [-0.39, 0.29) is 5.91 Å². The largest absolute Gasteiger partial charge is 0.334 e. The van der Waals surface area contributed by atoms with Gasteiger partial charge in [0.25, 0.3) is 5.91 Å². The maximum Gasteiger partial charge on any atom is 0.254 e. The Labute approximate surface area is 114 Å². The number of benzene rings is 1. The average molecular weight is 256 g/mol. The third kappa shape index (κ3) is 1.96. The highest BCUT2D eigenvalue weighted by Gasteiger charge is 2.43. The first-order valence-corrected chi connectivity index (χ1v) is 7.38.